The largest absolute Gasteiger partial charge is 0.377 e. The van der Waals surface area contributed by atoms with E-state index in [2.05, 4.69) is 12.2 Å². The van der Waals surface area contributed by atoms with E-state index in [0.717, 1.165) is 31.6 Å². The lowest BCUT2D eigenvalue weighted by Crippen LogP contribution is -2.26. The van der Waals surface area contributed by atoms with Crippen LogP contribution in [0.5, 0.6) is 0 Å². The SMILES string of the molecule is CNC(C)CCCS(=O)C1CCOC1C. The van der Waals surface area contributed by atoms with Crippen molar-refractivity contribution in [3.8, 4) is 0 Å². The number of hydrogen-bond donors (Lipinski definition) is 1. The van der Waals surface area contributed by atoms with E-state index in [1.165, 1.54) is 0 Å². The van der Waals surface area contributed by atoms with Crippen molar-refractivity contribution in [3.63, 3.8) is 0 Å². The Morgan fingerprint density at radius 1 is 1.60 bits per heavy atom. The van der Waals surface area contributed by atoms with Crippen molar-refractivity contribution in [1.29, 1.82) is 0 Å². The van der Waals surface area contributed by atoms with Crippen molar-refractivity contribution < 1.29 is 8.95 Å². The molecule has 1 aliphatic heterocycles. The molecule has 1 saturated heterocycles. The number of ether oxygens (including phenoxy) is 1. The molecule has 0 spiro atoms. The van der Waals surface area contributed by atoms with Gasteiger partial charge in [-0.2, -0.15) is 0 Å². The Balaban J connectivity index is 2.18. The van der Waals surface area contributed by atoms with Gasteiger partial charge in [0, 0.05) is 29.2 Å². The highest BCUT2D eigenvalue weighted by Crippen LogP contribution is 2.19. The van der Waals surface area contributed by atoms with Gasteiger partial charge in [-0.25, -0.2) is 0 Å². The lowest BCUT2D eigenvalue weighted by Gasteiger charge is -2.14. The van der Waals surface area contributed by atoms with Crippen LogP contribution in [0.25, 0.3) is 0 Å². The minimum absolute atomic E-state index is 0.188. The molecule has 0 radical (unpaired) electrons. The number of rotatable bonds is 6. The monoisotopic (exact) mass is 233 g/mol. The molecule has 0 aliphatic carbocycles. The summed E-state index contributed by atoms with van der Waals surface area (Å²) < 4.78 is 17.4. The van der Waals surface area contributed by atoms with E-state index >= 15 is 0 Å². The fraction of sp³-hybridized carbons (Fsp3) is 1.00. The Labute approximate surface area is 95.4 Å². The van der Waals surface area contributed by atoms with Crippen LogP contribution in [0.2, 0.25) is 0 Å². The summed E-state index contributed by atoms with van der Waals surface area (Å²) in [5.41, 5.74) is 0. The Morgan fingerprint density at radius 3 is 2.87 bits per heavy atom. The summed E-state index contributed by atoms with van der Waals surface area (Å²) in [5.74, 6) is 0.824. The van der Waals surface area contributed by atoms with Gasteiger partial charge in [0.25, 0.3) is 0 Å². The standard InChI is InChI=1S/C11H23NO2S/c1-9(12-3)5-4-8-15(13)11-6-7-14-10(11)2/h9-12H,4-8H2,1-3H3. The second kappa shape index (κ2) is 6.61. The highest BCUT2D eigenvalue weighted by Gasteiger charge is 2.28. The van der Waals surface area contributed by atoms with Gasteiger partial charge in [0.05, 0.1) is 11.4 Å². The van der Waals surface area contributed by atoms with Crippen molar-refractivity contribution in [2.75, 3.05) is 19.4 Å². The van der Waals surface area contributed by atoms with Gasteiger partial charge >= 0.3 is 0 Å². The van der Waals surface area contributed by atoms with Crippen LogP contribution in [-0.4, -0.2) is 41.0 Å². The van der Waals surface area contributed by atoms with Crippen LogP contribution in [0.1, 0.15) is 33.1 Å². The first-order chi connectivity index (χ1) is 7.15. The van der Waals surface area contributed by atoms with Crippen LogP contribution in [-0.2, 0) is 15.5 Å². The molecule has 4 unspecified atom stereocenters. The predicted octanol–water partition coefficient (Wildman–Crippen LogP) is 1.30. The second-order valence-corrected chi connectivity index (χ2v) is 6.10. The van der Waals surface area contributed by atoms with Crippen LogP contribution >= 0.6 is 0 Å². The third-order valence-electron chi connectivity index (χ3n) is 3.12. The molecule has 0 aromatic rings. The zero-order chi connectivity index (χ0) is 11.3. The van der Waals surface area contributed by atoms with Gasteiger partial charge < -0.3 is 10.1 Å². The Morgan fingerprint density at radius 2 is 2.33 bits per heavy atom. The maximum Gasteiger partial charge on any atom is 0.0691 e. The van der Waals surface area contributed by atoms with Gasteiger partial charge in [-0.3, -0.25) is 4.21 Å². The highest BCUT2D eigenvalue weighted by atomic mass is 32.2. The minimum Gasteiger partial charge on any atom is -0.377 e. The summed E-state index contributed by atoms with van der Waals surface area (Å²) >= 11 is 0. The first-order valence-electron chi connectivity index (χ1n) is 5.81. The van der Waals surface area contributed by atoms with Crippen LogP contribution in [0.3, 0.4) is 0 Å². The molecule has 4 heteroatoms. The van der Waals surface area contributed by atoms with E-state index in [-0.39, 0.29) is 11.4 Å². The molecule has 0 aromatic carbocycles. The van der Waals surface area contributed by atoms with Gasteiger partial charge in [0.2, 0.25) is 0 Å². The summed E-state index contributed by atoms with van der Waals surface area (Å²) in [5, 5.41) is 3.47. The maximum absolute atomic E-state index is 11.9. The molecule has 1 aliphatic rings. The van der Waals surface area contributed by atoms with Crippen LogP contribution in [0.4, 0.5) is 0 Å². The molecule has 0 amide bonds. The van der Waals surface area contributed by atoms with Gasteiger partial charge in [-0.1, -0.05) is 0 Å². The fourth-order valence-corrected chi connectivity index (χ4v) is 3.50. The molecule has 1 rings (SSSR count). The molecule has 0 bridgehead atoms. The van der Waals surface area contributed by atoms with Crippen molar-refractivity contribution >= 4 is 10.8 Å². The van der Waals surface area contributed by atoms with Crippen molar-refractivity contribution in [2.24, 2.45) is 0 Å². The number of nitrogens with one attached hydrogen (secondary N) is 1. The quantitative estimate of drug-likeness (QED) is 0.751. The fourth-order valence-electron chi connectivity index (χ4n) is 1.88. The van der Waals surface area contributed by atoms with Crippen molar-refractivity contribution in [3.05, 3.63) is 0 Å². The molecule has 1 N–H and O–H groups in total. The van der Waals surface area contributed by atoms with Gasteiger partial charge in [0.15, 0.2) is 0 Å². The van der Waals surface area contributed by atoms with E-state index in [1.54, 1.807) is 0 Å². The van der Waals surface area contributed by atoms with E-state index in [9.17, 15) is 4.21 Å². The molecule has 1 fully saturated rings. The van der Waals surface area contributed by atoms with Crippen LogP contribution in [0.15, 0.2) is 0 Å². The Kier molecular flexibility index (Phi) is 5.79. The first-order valence-corrected chi connectivity index (χ1v) is 7.19. The topological polar surface area (TPSA) is 38.3 Å². The summed E-state index contributed by atoms with van der Waals surface area (Å²) in [4.78, 5) is 0. The maximum atomic E-state index is 11.9. The molecule has 0 aromatic heterocycles. The van der Waals surface area contributed by atoms with Crippen molar-refractivity contribution in [1.82, 2.24) is 5.32 Å². The third-order valence-corrected chi connectivity index (χ3v) is 5.11. The zero-order valence-corrected chi connectivity index (χ0v) is 10.8. The molecule has 3 nitrogen and oxygen atoms in total. The van der Waals surface area contributed by atoms with E-state index < -0.39 is 10.8 Å². The Bertz CT molecular complexity index is 211. The summed E-state index contributed by atoms with van der Waals surface area (Å²) in [6, 6.07) is 0.527. The summed E-state index contributed by atoms with van der Waals surface area (Å²) in [7, 11) is 1.27. The van der Waals surface area contributed by atoms with E-state index in [4.69, 9.17) is 4.74 Å². The second-order valence-electron chi connectivity index (χ2n) is 4.32. The van der Waals surface area contributed by atoms with Crippen molar-refractivity contribution in [2.45, 2.75) is 50.5 Å². The van der Waals surface area contributed by atoms with Crippen LogP contribution in [0, 0.1) is 0 Å². The molecule has 90 valence electrons. The minimum atomic E-state index is -0.697. The highest BCUT2D eigenvalue weighted by molar-refractivity contribution is 7.85. The molecule has 1 heterocycles. The third kappa shape index (κ3) is 4.21. The molecule has 0 saturated carbocycles. The Hall–Kier alpha value is 0.0700. The average molecular weight is 233 g/mol. The van der Waals surface area contributed by atoms with Gasteiger partial charge in [-0.15, -0.1) is 0 Å². The molecular formula is C11H23NO2S. The summed E-state index contributed by atoms with van der Waals surface area (Å²) in [6.45, 7) is 4.97. The first kappa shape index (κ1) is 13.1. The smallest absolute Gasteiger partial charge is 0.0691 e. The lowest BCUT2D eigenvalue weighted by atomic mass is 10.2. The van der Waals surface area contributed by atoms with Crippen LogP contribution < -0.4 is 5.32 Å². The zero-order valence-electron chi connectivity index (χ0n) is 9.99. The molecular weight excluding hydrogens is 210 g/mol. The normalized spacial score (nSPS) is 30.3. The van der Waals surface area contributed by atoms with E-state index in [1.807, 2.05) is 14.0 Å². The summed E-state index contributed by atoms with van der Waals surface area (Å²) in [6.07, 6.45) is 3.30. The molecule has 15 heavy (non-hydrogen) atoms. The molecule has 4 atom stereocenters. The predicted molar refractivity (Wildman–Crippen MR) is 64.6 cm³/mol. The van der Waals surface area contributed by atoms with Gasteiger partial charge in [-0.05, 0) is 40.2 Å². The average Bonchev–Trinajstić information content (AvgIpc) is 2.64. The number of hydrogen-bond acceptors (Lipinski definition) is 3. The van der Waals surface area contributed by atoms with E-state index in [0.29, 0.717) is 6.04 Å². The lowest BCUT2D eigenvalue weighted by molar-refractivity contribution is 0.127. The van der Waals surface area contributed by atoms with Gasteiger partial charge in [0.1, 0.15) is 0 Å².